The van der Waals surface area contributed by atoms with Crippen molar-refractivity contribution in [2.75, 3.05) is 31.2 Å². The summed E-state index contributed by atoms with van der Waals surface area (Å²) < 4.78 is 13.0. The predicted molar refractivity (Wildman–Crippen MR) is 71.7 cm³/mol. The Labute approximate surface area is 111 Å². The summed E-state index contributed by atoms with van der Waals surface area (Å²) in [6, 6.07) is 5.89. The molecule has 0 saturated heterocycles. The number of carbonyl (C=O) groups is 1. The molecule has 0 aromatic heterocycles. The van der Waals surface area contributed by atoms with Crippen LogP contribution >= 0.6 is 0 Å². The molecule has 0 bridgehead atoms. The second-order valence-electron chi connectivity index (χ2n) is 4.51. The first-order valence-corrected chi connectivity index (χ1v) is 5.85. The first-order chi connectivity index (χ1) is 8.92. The van der Waals surface area contributed by atoms with E-state index in [9.17, 15) is 9.18 Å². The van der Waals surface area contributed by atoms with Crippen molar-refractivity contribution in [1.29, 1.82) is 5.26 Å². The number of hydrogen-bond acceptors (Lipinski definition) is 4. The van der Waals surface area contributed by atoms with E-state index in [1.165, 1.54) is 18.2 Å². The van der Waals surface area contributed by atoms with Crippen molar-refractivity contribution < 1.29 is 9.18 Å². The molecule has 0 aliphatic rings. The summed E-state index contributed by atoms with van der Waals surface area (Å²) in [4.78, 5) is 13.5. The lowest BCUT2D eigenvalue weighted by Gasteiger charge is -2.17. The molecule has 1 aromatic carbocycles. The lowest BCUT2D eigenvalue weighted by Crippen LogP contribution is -2.33. The van der Waals surface area contributed by atoms with Gasteiger partial charge in [-0.3, -0.25) is 9.69 Å². The van der Waals surface area contributed by atoms with Gasteiger partial charge in [-0.15, -0.1) is 0 Å². The van der Waals surface area contributed by atoms with Crippen molar-refractivity contribution in [3.63, 3.8) is 0 Å². The third-order valence-electron chi connectivity index (χ3n) is 2.51. The summed E-state index contributed by atoms with van der Waals surface area (Å²) in [6.07, 6.45) is 0. The molecular formula is C13H17FN4O. The summed E-state index contributed by atoms with van der Waals surface area (Å²) >= 11 is 0. The third-order valence-corrected chi connectivity index (χ3v) is 2.51. The molecule has 1 amide bonds. The van der Waals surface area contributed by atoms with Crippen molar-refractivity contribution in [3.05, 3.63) is 24.0 Å². The quantitative estimate of drug-likeness (QED) is 0.788. The van der Waals surface area contributed by atoms with E-state index in [1.54, 1.807) is 18.9 Å². The molecule has 1 aromatic rings. The normalized spacial score (nSPS) is 11.9. The van der Waals surface area contributed by atoms with E-state index >= 15 is 0 Å². The Bertz CT molecular complexity index is 498. The second-order valence-corrected chi connectivity index (χ2v) is 4.51. The lowest BCUT2D eigenvalue weighted by atomic mass is 10.2. The standard InChI is InChI=1S/C13H17FN4O/c1-9(6-15)7-18(2)8-13(19)17-12-5-10(14)3-4-11(12)16/h3-5,9H,7-8,16H2,1-2H3,(H,17,19). The number of anilines is 2. The minimum absolute atomic E-state index is 0.113. The van der Waals surface area contributed by atoms with Crippen molar-refractivity contribution in [1.82, 2.24) is 4.90 Å². The Kier molecular flexibility index (Phi) is 5.27. The molecule has 5 nitrogen and oxygen atoms in total. The zero-order chi connectivity index (χ0) is 14.4. The number of amides is 1. The first-order valence-electron chi connectivity index (χ1n) is 5.85. The number of nitrogens with two attached hydrogens (primary N) is 1. The van der Waals surface area contributed by atoms with Gasteiger partial charge in [0, 0.05) is 6.54 Å². The van der Waals surface area contributed by atoms with Crippen LogP contribution in [0.5, 0.6) is 0 Å². The maximum absolute atomic E-state index is 13.0. The highest BCUT2D eigenvalue weighted by Gasteiger charge is 2.11. The van der Waals surface area contributed by atoms with Crippen molar-refractivity contribution in [2.24, 2.45) is 5.92 Å². The van der Waals surface area contributed by atoms with E-state index in [2.05, 4.69) is 11.4 Å². The van der Waals surface area contributed by atoms with Gasteiger partial charge >= 0.3 is 0 Å². The molecule has 102 valence electrons. The maximum Gasteiger partial charge on any atom is 0.238 e. The van der Waals surface area contributed by atoms with Gasteiger partial charge in [-0.1, -0.05) is 0 Å². The van der Waals surface area contributed by atoms with Crippen LogP contribution in [0.3, 0.4) is 0 Å². The van der Waals surface area contributed by atoms with E-state index in [0.717, 1.165) is 0 Å². The van der Waals surface area contributed by atoms with E-state index < -0.39 is 5.82 Å². The van der Waals surface area contributed by atoms with Gasteiger partial charge in [0.25, 0.3) is 0 Å². The largest absolute Gasteiger partial charge is 0.397 e. The fourth-order valence-corrected chi connectivity index (χ4v) is 1.64. The van der Waals surface area contributed by atoms with Crippen molar-refractivity contribution in [2.45, 2.75) is 6.92 Å². The van der Waals surface area contributed by atoms with Gasteiger partial charge in [0.15, 0.2) is 0 Å². The molecule has 0 aliphatic heterocycles. The monoisotopic (exact) mass is 264 g/mol. The van der Waals surface area contributed by atoms with Gasteiger partial charge in [-0.25, -0.2) is 4.39 Å². The van der Waals surface area contributed by atoms with E-state index in [-0.39, 0.29) is 24.1 Å². The van der Waals surface area contributed by atoms with Crippen LogP contribution in [0.2, 0.25) is 0 Å². The summed E-state index contributed by atoms with van der Waals surface area (Å²) in [5.41, 5.74) is 6.20. The van der Waals surface area contributed by atoms with Crippen LogP contribution in [-0.2, 0) is 4.79 Å². The van der Waals surface area contributed by atoms with Gasteiger partial charge in [-0.2, -0.15) is 5.26 Å². The fraction of sp³-hybridized carbons (Fsp3) is 0.385. The first kappa shape index (κ1) is 14.9. The molecule has 1 atom stereocenters. The lowest BCUT2D eigenvalue weighted by molar-refractivity contribution is -0.117. The zero-order valence-electron chi connectivity index (χ0n) is 11.0. The Hall–Kier alpha value is -2.13. The predicted octanol–water partition coefficient (Wildman–Crippen LogP) is 1.44. The summed E-state index contributed by atoms with van der Waals surface area (Å²) in [6.45, 7) is 2.38. The molecule has 0 saturated carbocycles. The number of nitriles is 1. The van der Waals surface area contributed by atoms with Crippen LogP contribution in [-0.4, -0.2) is 30.9 Å². The highest BCUT2D eigenvalue weighted by atomic mass is 19.1. The Morgan fingerprint density at radius 1 is 1.63 bits per heavy atom. The second kappa shape index (κ2) is 6.71. The van der Waals surface area contributed by atoms with Gasteiger partial charge in [-0.05, 0) is 32.2 Å². The topological polar surface area (TPSA) is 82.2 Å². The number of likely N-dealkylation sites (N-methyl/N-ethyl adjacent to an activating group) is 1. The molecule has 0 fully saturated rings. The number of carbonyl (C=O) groups excluding carboxylic acids is 1. The van der Waals surface area contributed by atoms with E-state index in [1.807, 2.05) is 0 Å². The number of benzene rings is 1. The summed E-state index contributed by atoms with van der Waals surface area (Å²) in [5.74, 6) is -0.919. The number of nitrogens with zero attached hydrogens (tertiary/aromatic N) is 2. The number of rotatable bonds is 5. The number of nitrogens with one attached hydrogen (secondary N) is 1. The molecule has 0 heterocycles. The van der Waals surface area contributed by atoms with Crippen LogP contribution in [0.25, 0.3) is 0 Å². The van der Waals surface area contributed by atoms with Crippen LogP contribution in [0.15, 0.2) is 18.2 Å². The SMILES string of the molecule is CC(C#N)CN(C)CC(=O)Nc1cc(F)ccc1N. The minimum atomic E-state index is -0.462. The highest BCUT2D eigenvalue weighted by Crippen LogP contribution is 2.18. The zero-order valence-corrected chi connectivity index (χ0v) is 11.0. The number of hydrogen-bond donors (Lipinski definition) is 2. The molecule has 0 radical (unpaired) electrons. The van der Waals surface area contributed by atoms with Crippen LogP contribution < -0.4 is 11.1 Å². The van der Waals surface area contributed by atoms with Crippen LogP contribution in [0.1, 0.15) is 6.92 Å². The van der Waals surface area contributed by atoms with Crippen LogP contribution in [0, 0.1) is 23.1 Å². The summed E-state index contributed by atoms with van der Waals surface area (Å²) in [7, 11) is 1.74. The van der Waals surface area contributed by atoms with Gasteiger partial charge in [0.2, 0.25) is 5.91 Å². The van der Waals surface area contributed by atoms with E-state index in [0.29, 0.717) is 12.2 Å². The van der Waals surface area contributed by atoms with Gasteiger partial charge < -0.3 is 11.1 Å². The van der Waals surface area contributed by atoms with Crippen molar-refractivity contribution in [3.8, 4) is 6.07 Å². The van der Waals surface area contributed by atoms with Crippen LogP contribution in [0.4, 0.5) is 15.8 Å². The molecule has 19 heavy (non-hydrogen) atoms. The molecule has 6 heteroatoms. The van der Waals surface area contributed by atoms with Crippen molar-refractivity contribution >= 4 is 17.3 Å². The molecule has 0 spiro atoms. The smallest absolute Gasteiger partial charge is 0.238 e. The number of halogens is 1. The average molecular weight is 264 g/mol. The molecule has 1 rings (SSSR count). The van der Waals surface area contributed by atoms with Gasteiger partial charge in [0.05, 0.1) is 29.9 Å². The fourth-order valence-electron chi connectivity index (χ4n) is 1.64. The molecule has 0 aliphatic carbocycles. The molecular weight excluding hydrogens is 247 g/mol. The van der Waals surface area contributed by atoms with E-state index in [4.69, 9.17) is 11.0 Å². The van der Waals surface area contributed by atoms with Gasteiger partial charge in [0.1, 0.15) is 5.82 Å². The average Bonchev–Trinajstić information content (AvgIpc) is 2.33. The maximum atomic E-state index is 13.0. The summed E-state index contributed by atoms with van der Waals surface area (Å²) in [5, 5.41) is 11.2. The Morgan fingerprint density at radius 2 is 2.32 bits per heavy atom. The molecule has 3 N–H and O–H groups in total. The molecule has 1 unspecified atom stereocenters. The third kappa shape index (κ3) is 4.94. The number of nitrogen functional groups attached to an aromatic ring is 1. The Morgan fingerprint density at radius 3 is 2.95 bits per heavy atom. The highest BCUT2D eigenvalue weighted by molar-refractivity contribution is 5.95. The minimum Gasteiger partial charge on any atom is -0.397 e. The Balaban J connectivity index is 2.56.